The summed E-state index contributed by atoms with van der Waals surface area (Å²) in [5.41, 5.74) is -1.61. The molecule has 19 heteroatoms. The van der Waals surface area contributed by atoms with Gasteiger partial charge in [0, 0.05) is 63.2 Å². The standard InChI is InChI=1S/C54H87FN4O13S/c1-14-43-54(10,66)47(61)33(6)58(11)25-29(2)22-52(8,65)49(31(4)46(32(5)51(64)70-43)71-45-23-53(9,67-13)48(62)34(7)69-45)72-44-21-39(17-30(3)68-44)59(12)26-37-19-40(37)50(63)57-38(27-60)18-35-15-16-36(20-41(35)55)42-24-56-28-73-42/h15-16,20,24,28-34,37-40,43-49,60-62,65-66H,14,17-19,21-23,25-27H2,1-13H3,(H,57,63)/t29-,30-,31+,32-,33-,34+,37-,38+,39+,40+,43-,44+,45+,46+,47-,48+,49-,52-,53-,54-/m1/s1. The fraction of sp³-hybridized carbons (Fsp3) is 0.796. The van der Waals surface area contributed by atoms with Gasteiger partial charge < -0.3 is 69.1 Å². The zero-order valence-electron chi connectivity index (χ0n) is 45.4. The average molecular weight is 1050 g/mol. The van der Waals surface area contributed by atoms with E-state index in [1.54, 1.807) is 52.4 Å². The molecule has 3 saturated heterocycles. The Kier molecular flexibility index (Phi) is 20.1. The lowest BCUT2D eigenvalue weighted by Crippen LogP contribution is -2.59. The predicted octanol–water partition coefficient (Wildman–Crippen LogP) is 4.92. The van der Waals surface area contributed by atoms with E-state index in [1.807, 2.05) is 52.8 Å². The molecular weight excluding hydrogens is 964 g/mol. The van der Waals surface area contributed by atoms with E-state index in [1.165, 1.54) is 31.4 Å². The molecule has 4 fully saturated rings. The topological polar surface area (TPSA) is 222 Å². The molecule has 1 amide bonds. The number of amides is 1. The molecule has 73 heavy (non-hydrogen) atoms. The van der Waals surface area contributed by atoms with Crippen LogP contribution in [-0.2, 0) is 44.4 Å². The van der Waals surface area contributed by atoms with Gasteiger partial charge in [0.05, 0.1) is 64.6 Å². The van der Waals surface area contributed by atoms with E-state index in [0.29, 0.717) is 37.9 Å². The van der Waals surface area contributed by atoms with Crippen molar-refractivity contribution in [3.8, 4) is 10.4 Å². The molecule has 0 bridgehead atoms. The van der Waals surface area contributed by atoms with Gasteiger partial charge >= 0.3 is 5.97 Å². The highest BCUT2D eigenvalue weighted by atomic mass is 32.1. The number of rotatable bonds is 15. The van der Waals surface area contributed by atoms with E-state index >= 15 is 4.39 Å². The summed E-state index contributed by atoms with van der Waals surface area (Å²) < 4.78 is 53.8. The van der Waals surface area contributed by atoms with Crippen LogP contribution in [0.25, 0.3) is 10.4 Å². The number of carbonyl (C=O) groups excluding carboxylic acids is 2. The molecule has 17 nitrogen and oxygen atoms in total. The number of aromatic nitrogens is 1. The van der Waals surface area contributed by atoms with Gasteiger partial charge in [-0.05, 0) is 124 Å². The van der Waals surface area contributed by atoms with Crippen LogP contribution in [0.4, 0.5) is 4.39 Å². The van der Waals surface area contributed by atoms with Crippen molar-refractivity contribution in [1.29, 1.82) is 0 Å². The third kappa shape index (κ3) is 14.2. The summed E-state index contributed by atoms with van der Waals surface area (Å²) in [4.78, 5) is 37.1. The molecule has 414 valence electrons. The number of nitrogens with zero attached hydrogens (tertiary/aromatic N) is 3. The molecule has 6 rings (SSSR count). The maximum Gasteiger partial charge on any atom is 0.311 e. The fourth-order valence-electron chi connectivity index (χ4n) is 11.9. The van der Waals surface area contributed by atoms with E-state index < -0.39 is 102 Å². The molecule has 0 spiro atoms. The molecule has 4 aliphatic rings. The minimum absolute atomic E-state index is 0.0304. The number of carbonyl (C=O) groups is 2. The first-order valence-electron chi connectivity index (χ1n) is 26.4. The van der Waals surface area contributed by atoms with Crippen molar-refractivity contribution in [3.05, 3.63) is 41.3 Å². The maximum atomic E-state index is 15.2. The van der Waals surface area contributed by atoms with E-state index in [2.05, 4.69) is 15.2 Å². The molecule has 1 saturated carbocycles. The number of methoxy groups -OCH3 is 1. The van der Waals surface area contributed by atoms with Crippen LogP contribution in [0.3, 0.4) is 0 Å². The third-order valence-corrected chi connectivity index (χ3v) is 17.4. The van der Waals surface area contributed by atoms with Crippen molar-refractivity contribution in [3.63, 3.8) is 0 Å². The molecule has 6 N–H and O–H groups in total. The second-order valence-corrected chi connectivity index (χ2v) is 23.8. The van der Waals surface area contributed by atoms with Crippen molar-refractivity contribution >= 4 is 23.2 Å². The Bertz CT molecular complexity index is 2110. The molecule has 4 heterocycles. The van der Waals surface area contributed by atoms with Crippen LogP contribution in [0.15, 0.2) is 29.9 Å². The van der Waals surface area contributed by atoms with E-state index in [0.717, 1.165) is 10.4 Å². The van der Waals surface area contributed by atoms with Crippen LogP contribution in [0.1, 0.15) is 113 Å². The summed E-state index contributed by atoms with van der Waals surface area (Å²) >= 11 is 1.42. The van der Waals surface area contributed by atoms with Gasteiger partial charge in [-0.15, -0.1) is 11.3 Å². The molecule has 0 radical (unpaired) electrons. The molecule has 1 aliphatic carbocycles. The van der Waals surface area contributed by atoms with Gasteiger partial charge in [-0.1, -0.05) is 32.9 Å². The summed E-state index contributed by atoms with van der Waals surface area (Å²) in [5.74, 6) is -3.38. The number of benzene rings is 1. The highest BCUT2D eigenvalue weighted by Gasteiger charge is 2.52. The van der Waals surface area contributed by atoms with Crippen LogP contribution in [0.2, 0.25) is 0 Å². The number of hydrogen-bond donors (Lipinski definition) is 6. The Balaban J connectivity index is 1.20. The quantitative estimate of drug-likeness (QED) is 0.130. The van der Waals surface area contributed by atoms with Gasteiger partial charge in [0.25, 0.3) is 0 Å². The number of thiazole rings is 1. The van der Waals surface area contributed by atoms with E-state index in [4.69, 9.17) is 28.4 Å². The lowest BCUT2D eigenvalue weighted by atomic mass is 9.77. The maximum absolute atomic E-state index is 15.2. The largest absolute Gasteiger partial charge is 0.459 e. The highest BCUT2D eigenvalue weighted by molar-refractivity contribution is 7.13. The number of cyclic esters (lactones) is 1. The Morgan fingerprint density at radius 1 is 1.03 bits per heavy atom. The van der Waals surface area contributed by atoms with Gasteiger partial charge in [-0.3, -0.25) is 14.6 Å². The normalized spacial score (nSPS) is 40.8. The number of likely N-dealkylation sites (N-methyl/N-ethyl adjacent to an activating group) is 1. The number of ether oxygens (including phenoxy) is 6. The summed E-state index contributed by atoms with van der Waals surface area (Å²) in [6.07, 6.45) is -3.90. The van der Waals surface area contributed by atoms with Crippen molar-refractivity contribution < 1.29 is 67.9 Å². The number of hydrogen-bond acceptors (Lipinski definition) is 17. The Morgan fingerprint density at radius 2 is 1.74 bits per heavy atom. The van der Waals surface area contributed by atoms with Crippen LogP contribution in [-0.4, -0.2) is 183 Å². The SMILES string of the molecule is CC[C@H]1OC(=O)[C@H](C)[C@@H](O[C@H]2C[C@@](C)(OC)[C@@H](O)[C@H](C)O2)[C@H](C)[C@@H](O[C@H]2C[C@@H](N(C)C[C@H]3C[C@@H]3C(=O)N[C@H](CO)Cc3ccc(-c4cncs4)cc3F)C[C@@H](C)O2)[C@](C)(O)C[C@@H](C)CN(C)[C@H](C)[C@@H](O)[C@]1(C)O. The fourth-order valence-corrected chi connectivity index (χ4v) is 12.5. The first kappa shape index (κ1) is 59.5. The van der Waals surface area contributed by atoms with Crippen LogP contribution in [0.5, 0.6) is 0 Å². The van der Waals surface area contributed by atoms with E-state index in [-0.39, 0.29) is 68.1 Å². The number of esters is 1. The second kappa shape index (κ2) is 24.7. The highest BCUT2D eigenvalue weighted by Crippen LogP contribution is 2.43. The monoisotopic (exact) mass is 1050 g/mol. The first-order chi connectivity index (χ1) is 34.2. The van der Waals surface area contributed by atoms with Crippen LogP contribution >= 0.6 is 11.3 Å². The van der Waals surface area contributed by atoms with Gasteiger partial charge in [0.15, 0.2) is 12.6 Å². The van der Waals surface area contributed by atoms with Crippen LogP contribution in [0, 0.1) is 35.4 Å². The summed E-state index contributed by atoms with van der Waals surface area (Å²) in [7, 11) is 5.39. The lowest BCUT2D eigenvalue weighted by molar-refractivity contribution is -0.308. The van der Waals surface area contributed by atoms with Crippen LogP contribution < -0.4 is 5.32 Å². The minimum Gasteiger partial charge on any atom is -0.459 e. The average Bonchev–Trinajstić information content (AvgIpc) is 3.88. The number of aliphatic hydroxyl groups is 5. The molecule has 1 aromatic carbocycles. The molecule has 3 aliphatic heterocycles. The number of nitrogens with one attached hydrogen (secondary N) is 1. The van der Waals surface area contributed by atoms with Crippen molar-refractivity contribution in [1.82, 2.24) is 20.1 Å². The lowest BCUT2D eigenvalue weighted by Gasteiger charge is -2.48. The van der Waals surface area contributed by atoms with Crippen molar-refractivity contribution in [2.75, 3.05) is 40.9 Å². The van der Waals surface area contributed by atoms with Gasteiger partial charge in [0.1, 0.15) is 29.7 Å². The predicted molar refractivity (Wildman–Crippen MR) is 274 cm³/mol. The second-order valence-electron chi connectivity index (χ2n) is 22.9. The van der Waals surface area contributed by atoms with Gasteiger partial charge in [-0.25, -0.2) is 4.39 Å². The van der Waals surface area contributed by atoms with Crippen molar-refractivity contribution in [2.45, 2.75) is 204 Å². The van der Waals surface area contributed by atoms with Gasteiger partial charge in [-0.2, -0.15) is 0 Å². The zero-order chi connectivity index (χ0) is 53.9. The van der Waals surface area contributed by atoms with E-state index in [9.17, 15) is 35.1 Å². The Hall–Kier alpha value is -2.76. The molecule has 20 atom stereocenters. The summed E-state index contributed by atoms with van der Waals surface area (Å²) in [6, 6.07) is 3.72. The molecular formula is C54H87FN4O13S. The van der Waals surface area contributed by atoms with Crippen molar-refractivity contribution in [2.24, 2.45) is 29.6 Å². The molecule has 1 aromatic heterocycles. The summed E-state index contributed by atoms with van der Waals surface area (Å²) in [6.45, 7) is 18.5. The molecule has 2 aromatic rings. The zero-order valence-corrected chi connectivity index (χ0v) is 46.2. The minimum atomic E-state index is -1.83. The number of halogens is 1. The first-order valence-corrected chi connectivity index (χ1v) is 27.3. The molecule has 0 unspecified atom stereocenters. The number of aliphatic hydroxyl groups excluding tert-OH is 3. The Morgan fingerprint density at radius 3 is 2.37 bits per heavy atom. The van der Waals surface area contributed by atoms with Gasteiger partial charge in [0.2, 0.25) is 5.91 Å². The third-order valence-electron chi connectivity index (χ3n) is 16.6. The summed E-state index contributed by atoms with van der Waals surface area (Å²) in [5, 5.41) is 60.7. The Labute approximate surface area is 436 Å². The smallest absolute Gasteiger partial charge is 0.311 e.